The van der Waals surface area contributed by atoms with Gasteiger partial charge in [0.05, 0.1) is 24.2 Å². The molecule has 0 saturated carbocycles. The molecule has 44 heavy (non-hydrogen) atoms. The number of amides is 3. The van der Waals surface area contributed by atoms with Gasteiger partial charge in [-0.15, -0.1) is 0 Å². The molecule has 0 fully saturated rings. The topological polar surface area (TPSA) is 110 Å². The van der Waals surface area contributed by atoms with Gasteiger partial charge in [0.25, 0.3) is 5.91 Å². The third-order valence-corrected chi connectivity index (χ3v) is 6.88. The van der Waals surface area contributed by atoms with Gasteiger partial charge in [0.15, 0.2) is 12.4 Å². The first-order chi connectivity index (χ1) is 21.4. The number of aryl methyl sites for hydroxylation is 1. The fraction of sp³-hybridized carbons (Fsp3) is 0.394. The van der Waals surface area contributed by atoms with Crippen molar-refractivity contribution in [3.05, 3.63) is 83.1 Å². The average Bonchev–Trinajstić information content (AvgIpc) is 3.02. The van der Waals surface area contributed by atoms with Gasteiger partial charge in [0.1, 0.15) is 31.1 Å². The molecule has 0 bridgehead atoms. The smallest absolute Gasteiger partial charge is 0.411 e. The Morgan fingerprint density at radius 1 is 0.841 bits per heavy atom. The fourth-order valence-corrected chi connectivity index (χ4v) is 4.81. The number of nitrogens with one attached hydrogen (secondary N) is 2. The number of aromatic nitrogens is 1. The number of alkyl carbamates (subject to hydrolysis) is 1. The molecule has 3 amide bonds. The summed E-state index contributed by atoms with van der Waals surface area (Å²) in [5.41, 5.74) is 1.77. The van der Waals surface area contributed by atoms with Crippen molar-refractivity contribution >= 4 is 45.4 Å². The largest absolute Gasteiger partial charge is 0.494 e. The zero-order valence-corrected chi connectivity index (χ0v) is 27.0. The van der Waals surface area contributed by atoms with Crippen LogP contribution in [0.1, 0.15) is 56.3 Å². The summed E-state index contributed by atoms with van der Waals surface area (Å²) in [7, 11) is 0. The monoisotopic (exact) mass is 669 g/mol. The Balaban J connectivity index is 1.39. The molecule has 3 aromatic rings. The molecule has 0 unspecified atom stereocenters. The number of hydrogen-bond acceptors (Lipinski definition) is 6. The maximum atomic E-state index is 13.5. The summed E-state index contributed by atoms with van der Waals surface area (Å²) in [6.45, 7) is 5.82. The molecule has 0 radical (unpaired) electrons. The van der Waals surface area contributed by atoms with Crippen LogP contribution in [-0.4, -0.2) is 51.0 Å². The lowest BCUT2D eigenvalue weighted by molar-refractivity contribution is -0.697. The van der Waals surface area contributed by atoms with Crippen molar-refractivity contribution in [3.63, 3.8) is 0 Å². The third-order valence-electron chi connectivity index (χ3n) is 6.45. The van der Waals surface area contributed by atoms with E-state index >= 15 is 0 Å². The highest BCUT2D eigenvalue weighted by molar-refractivity contribution is 9.10. The average molecular weight is 671 g/mol. The van der Waals surface area contributed by atoms with Crippen LogP contribution in [0.2, 0.25) is 0 Å². The Kier molecular flexibility index (Phi) is 15.0. The summed E-state index contributed by atoms with van der Waals surface area (Å²) in [6.07, 6.45) is 7.90. The molecule has 0 spiro atoms. The number of para-hydroxylation sites is 1. The number of halogens is 1. The number of benzene rings is 2. The SMILES string of the molecule is CCCCCCOc1ccc(NC(=O)OCCNC(=O)OCCN(C(=O)c2cc(Br)c[n+](CCC)c2)c2ccccc2)cc1. The number of rotatable bonds is 17. The van der Waals surface area contributed by atoms with Crippen LogP contribution >= 0.6 is 15.9 Å². The molecule has 1 heterocycles. The lowest BCUT2D eigenvalue weighted by Crippen LogP contribution is -2.39. The minimum absolute atomic E-state index is 0.0325. The summed E-state index contributed by atoms with van der Waals surface area (Å²) in [5, 5.41) is 5.19. The zero-order valence-electron chi connectivity index (χ0n) is 25.4. The molecule has 0 atom stereocenters. The van der Waals surface area contributed by atoms with Crippen LogP contribution in [0, 0.1) is 0 Å². The van der Waals surface area contributed by atoms with Crippen LogP contribution in [0.5, 0.6) is 5.75 Å². The minimum Gasteiger partial charge on any atom is -0.494 e. The van der Waals surface area contributed by atoms with E-state index in [1.807, 2.05) is 47.3 Å². The van der Waals surface area contributed by atoms with Crippen LogP contribution in [0.3, 0.4) is 0 Å². The minimum atomic E-state index is -0.678. The van der Waals surface area contributed by atoms with E-state index < -0.39 is 12.2 Å². The van der Waals surface area contributed by atoms with Gasteiger partial charge in [-0.25, -0.2) is 14.2 Å². The van der Waals surface area contributed by atoms with Crippen molar-refractivity contribution in [2.45, 2.75) is 52.5 Å². The molecule has 0 aliphatic carbocycles. The van der Waals surface area contributed by atoms with E-state index in [4.69, 9.17) is 14.2 Å². The standard InChI is InChI=1S/C33H41BrN4O6/c1-3-5-6-10-20-42-30-15-13-28(14-16-30)36-33(41)43-21-17-35-32(40)44-22-19-38(29-11-8-7-9-12-29)31(39)26-23-27(34)25-37(24-26)18-4-2/h7-9,11-16,23-25H,3-6,10,17-22H2,1-2H3,(H-,35,36,40,41)/p+1. The maximum absolute atomic E-state index is 13.5. The normalized spacial score (nSPS) is 10.5. The van der Waals surface area contributed by atoms with Gasteiger partial charge in [0, 0.05) is 17.8 Å². The lowest BCUT2D eigenvalue weighted by Gasteiger charge is -2.22. The third kappa shape index (κ3) is 12.2. The predicted octanol–water partition coefficient (Wildman–Crippen LogP) is 6.73. The molecule has 2 aromatic carbocycles. The summed E-state index contributed by atoms with van der Waals surface area (Å²) in [6, 6.07) is 18.0. The van der Waals surface area contributed by atoms with Crippen molar-refractivity contribution in [1.82, 2.24) is 5.32 Å². The molecule has 3 rings (SSSR count). The van der Waals surface area contributed by atoms with Gasteiger partial charge in [0.2, 0.25) is 0 Å². The van der Waals surface area contributed by atoms with E-state index in [2.05, 4.69) is 40.4 Å². The van der Waals surface area contributed by atoms with Crippen LogP contribution in [-0.2, 0) is 16.0 Å². The van der Waals surface area contributed by atoms with E-state index in [-0.39, 0.29) is 32.2 Å². The molecule has 0 aliphatic rings. The summed E-state index contributed by atoms with van der Waals surface area (Å²) in [4.78, 5) is 39.4. The second-order valence-electron chi connectivity index (χ2n) is 10.0. The van der Waals surface area contributed by atoms with E-state index in [0.29, 0.717) is 23.5 Å². The van der Waals surface area contributed by atoms with Crippen molar-refractivity contribution in [1.29, 1.82) is 0 Å². The van der Waals surface area contributed by atoms with Gasteiger partial charge in [-0.1, -0.05) is 51.3 Å². The first-order valence-electron chi connectivity index (χ1n) is 15.0. The number of pyridine rings is 1. The van der Waals surface area contributed by atoms with E-state index in [0.717, 1.165) is 36.0 Å². The summed E-state index contributed by atoms with van der Waals surface area (Å²) < 4.78 is 18.9. The highest BCUT2D eigenvalue weighted by Gasteiger charge is 2.21. The van der Waals surface area contributed by atoms with E-state index in [1.165, 1.54) is 12.8 Å². The Bertz CT molecular complexity index is 1320. The number of anilines is 2. The Labute approximate surface area is 267 Å². The molecule has 11 heteroatoms. The quantitative estimate of drug-likeness (QED) is 0.122. The predicted molar refractivity (Wildman–Crippen MR) is 173 cm³/mol. The molecular weight excluding hydrogens is 628 g/mol. The highest BCUT2D eigenvalue weighted by Crippen LogP contribution is 2.19. The van der Waals surface area contributed by atoms with E-state index in [1.54, 1.807) is 35.2 Å². The molecular formula is C33H42BrN4O6+. The molecule has 1 aromatic heterocycles. The Morgan fingerprint density at radius 2 is 1.59 bits per heavy atom. The summed E-state index contributed by atoms with van der Waals surface area (Å²) >= 11 is 3.49. The Hall–Kier alpha value is -4.12. The van der Waals surface area contributed by atoms with Gasteiger partial charge < -0.3 is 24.4 Å². The Morgan fingerprint density at radius 3 is 2.32 bits per heavy atom. The van der Waals surface area contributed by atoms with Crippen molar-refractivity contribution in [2.75, 3.05) is 43.1 Å². The van der Waals surface area contributed by atoms with Crippen molar-refractivity contribution in [2.24, 2.45) is 0 Å². The van der Waals surface area contributed by atoms with Crippen LogP contribution in [0.15, 0.2) is 77.5 Å². The first-order valence-corrected chi connectivity index (χ1v) is 15.8. The van der Waals surface area contributed by atoms with Crippen LogP contribution in [0.25, 0.3) is 0 Å². The maximum Gasteiger partial charge on any atom is 0.411 e. The van der Waals surface area contributed by atoms with Gasteiger partial charge in [-0.2, -0.15) is 0 Å². The van der Waals surface area contributed by atoms with Crippen molar-refractivity contribution < 1.29 is 33.2 Å². The van der Waals surface area contributed by atoms with E-state index in [9.17, 15) is 14.4 Å². The van der Waals surface area contributed by atoms with Gasteiger partial charge >= 0.3 is 12.2 Å². The number of carbonyl (C=O) groups excluding carboxylic acids is 3. The highest BCUT2D eigenvalue weighted by atomic mass is 79.9. The molecule has 2 N–H and O–H groups in total. The molecule has 0 saturated heterocycles. The lowest BCUT2D eigenvalue weighted by atomic mass is 10.2. The number of ether oxygens (including phenoxy) is 3. The van der Waals surface area contributed by atoms with Gasteiger partial charge in [-0.3, -0.25) is 10.1 Å². The number of unbranched alkanes of at least 4 members (excludes halogenated alkanes) is 3. The van der Waals surface area contributed by atoms with Gasteiger partial charge in [-0.05, 0) is 64.8 Å². The number of carbonyl (C=O) groups is 3. The molecule has 0 aliphatic heterocycles. The summed E-state index contributed by atoms with van der Waals surface area (Å²) in [5.74, 6) is 0.531. The van der Waals surface area contributed by atoms with Crippen LogP contribution < -0.4 is 24.8 Å². The molecule has 236 valence electrons. The van der Waals surface area contributed by atoms with Crippen molar-refractivity contribution in [3.8, 4) is 5.75 Å². The second kappa shape index (κ2) is 19.2. The number of hydrogen-bond donors (Lipinski definition) is 2. The number of nitrogens with zero attached hydrogens (tertiary/aromatic N) is 2. The van der Waals surface area contributed by atoms with Crippen LogP contribution in [0.4, 0.5) is 21.0 Å². The second-order valence-corrected chi connectivity index (χ2v) is 10.9. The molecule has 10 nitrogen and oxygen atoms in total. The first kappa shape index (κ1) is 34.4. The zero-order chi connectivity index (χ0) is 31.6. The fourth-order valence-electron chi connectivity index (χ4n) is 4.30.